The number of amides is 4. The second-order valence-corrected chi connectivity index (χ2v) is 10.7. The quantitative estimate of drug-likeness (QED) is 0.718. The highest BCUT2D eigenvalue weighted by Crippen LogP contribution is 2.38. The molecule has 9 heteroatoms. The zero-order valence-corrected chi connectivity index (χ0v) is 20.5. The highest BCUT2D eigenvalue weighted by Gasteiger charge is 2.30. The fraction of sp³-hybridized carbons (Fsp3) is 0.625. The van der Waals surface area contributed by atoms with Crippen molar-refractivity contribution in [3.05, 3.63) is 23.3 Å². The number of nitrogens with one attached hydrogen (secondary N) is 1. The van der Waals surface area contributed by atoms with E-state index in [4.69, 9.17) is 4.74 Å². The number of hydrogen-bond acceptors (Lipinski definition) is 6. The van der Waals surface area contributed by atoms with Crippen LogP contribution in [0.3, 0.4) is 0 Å². The molecule has 3 rings (SSSR count). The average molecular weight is 461 g/mol. The predicted molar refractivity (Wildman–Crippen MR) is 125 cm³/mol. The van der Waals surface area contributed by atoms with E-state index in [2.05, 4.69) is 10.2 Å². The number of phenols is 1. The van der Waals surface area contributed by atoms with Crippen LogP contribution in [0.25, 0.3) is 0 Å². The molecule has 0 radical (unpaired) electrons. The SMILES string of the molecule is CC(C)(C)OC(=O)N1CCN(Cc2cc(N3CCC(=O)NC3=O)cc(C(C)(C)C)c2O)CC1. The summed E-state index contributed by atoms with van der Waals surface area (Å²) in [4.78, 5) is 41.7. The van der Waals surface area contributed by atoms with Gasteiger partial charge in [-0.25, -0.2) is 9.59 Å². The zero-order chi connectivity index (χ0) is 24.6. The summed E-state index contributed by atoms with van der Waals surface area (Å²) in [7, 11) is 0. The number of piperazine rings is 1. The molecule has 0 aliphatic carbocycles. The Morgan fingerprint density at radius 3 is 2.21 bits per heavy atom. The van der Waals surface area contributed by atoms with Crippen LogP contribution < -0.4 is 10.2 Å². The van der Waals surface area contributed by atoms with Gasteiger partial charge in [-0.3, -0.25) is 19.9 Å². The number of carbonyl (C=O) groups is 3. The largest absolute Gasteiger partial charge is 0.507 e. The molecule has 0 spiro atoms. The third kappa shape index (κ3) is 6.16. The highest BCUT2D eigenvalue weighted by atomic mass is 16.6. The standard InChI is InChI=1S/C24H36N4O5/c1-23(2,3)18-14-17(28-8-7-19(29)25-21(28)31)13-16(20(18)30)15-26-9-11-27(12-10-26)22(32)33-24(4,5)6/h13-14,30H,7-12,15H2,1-6H3,(H,25,29,31). The van der Waals surface area contributed by atoms with Gasteiger partial charge in [0.2, 0.25) is 5.91 Å². The van der Waals surface area contributed by atoms with Crippen molar-refractivity contribution in [3.8, 4) is 5.75 Å². The van der Waals surface area contributed by atoms with Crippen LogP contribution in [0.15, 0.2) is 12.1 Å². The molecule has 1 aromatic carbocycles. The molecule has 2 heterocycles. The topological polar surface area (TPSA) is 102 Å². The van der Waals surface area contributed by atoms with Crippen molar-refractivity contribution < 1.29 is 24.2 Å². The van der Waals surface area contributed by atoms with Crippen molar-refractivity contribution in [2.45, 2.75) is 65.5 Å². The molecule has 0 unspecified atom stereocenters. The van der Waals surface area contributed by atoms with E-state index in [0.29, 0.717) is 50.5 Å². The lowest BCUT2D eigenvalue weighted by molar-refractivity contribution is -0.120. The van der Waals surface area contributed by atoms with Gasteiger partial charge in [-0.15, -0.1) is 0 Å². The summed E-state index contributed by atoms with van der Waals surface area (Å²) >= 11 is 0. The third-order valence-electron chi connectivity index (χ3n) is 5.77. The first-order valence-electron chi connectivity index (χ1n) is 11.4. The van der Waals surface area contributed by atoms with Crippen LogP contribution in [-0.2, 0) is 21.5 Å². The van der Waals surface area contributed by atoms with E-state index >= 15 is 0 Å². The molecule has 2 N–H and O–H groups in total. The summed E-state index contributed by atoms with van der Waals surface area (Å²) in [5, 5.41) is 13.4. The molecule has 0 atom stereocenters. The molecule has 2 saturated heterocycles. The molecule has 33 heavy (non-hydrogen) atoms. The van der Waals surface area contributed by atoms with Gasteiger partial charge in [-0.05, 0) is 38.3 Å². The Kier molecular flexibility index (Phi) is 6.93. The fourth-order valence-corrected chi connectivity index (χ4v) is 3.99. The molecule has 9 nitrogen and oxygen atoms in total. The van der Waals surface area contributed by atoms with E-state index in [1.54, 1.807) is 9.80 Å². The summed E-state index contributed by atoms with van der Waals surface area (Å²) in [5.74, 6) is -0.0662. The van der Waals surface area contributed by atoms with E-state index in [1.807, 2.05) is 53.7 Å². The normalized spacial score (nSPS) is 18.4. The lowest BCUT2D eigenvalue weighted by Crippen LogP contribution is -2.50. The summed E-state index contributed by atoms with van der Waals surface area (Å²) in [5.41, 5.74) is 1.24. The Hall–Kier alpha value is -2.81. The number of rotatable bonds is 3. The van der Waals surface area contributed by atoms with Gasteiger partial charge in [0, 0.05) is 62.5 Å². The number of benzene rings is 1. The Bertz CT molecular complexity index is 924. The van der Waals surface area contributed by atoms with Gasteiger partial charge in [0.15, 0.2) is 0 Å². The molecule has 4 amide bonds. The Morgan fingerprint density at radius 2 is 1.67 bits per heavy atom. The van der Waals surface area contributed by atoms with E-state index in [9.17, 15) is 19.5 Å². The van der Waals surface area contributed by atoms with Gasteiger partial charge in [0.05, 0.1) is 0 Å². The van der Waals surface area contributed by atoms with Crippen LogP contribution >= 0.6 is 0 Å². The molecule has 0 aromatic heterocycles. The van der Waals surface area contributed by atoms with Gasteiger partial charge in [0.25, 0.3) is 0 Å². The van der Waals surface area contributed by atoms with Crippen molar-refractivity contribution in [1.82, 2.24) is 15.1 Å². The first kappa shape index (κ1) is 24.8. The molecule has 2 fully saturated rings. The van der Waals surface area contributed by atoms with Gasteiger partial charge < -0.3 is 14.7 Å². The number of anilines is 1. The molecule has 2 aliphatic heterocycles. The van der Waals surface area contributed by atoms with Crippen LogP contribution in [0.4, 0.5) is 15.3 Å². The lowest BCUT2D eigenvalue weighted by Gasteiger charge is -2.36. The smallest absolute Gasteiger partial charge is 0.410 e. The summed E-state index contributed by atoms with van der Waals surface area (Å²) in [6.45, 7) is 14.7. The second-order valence-electron chi connectivity index (χ2n) is 10.7. The van der Waals surface area contributed by atoms with Crippen molar-refractivity contribution in [1.29, 1.82) is 0 Å². The number of carbonyl (C=O) groups excluding carboxylic acids is 3. The van der Waals surface area contributed by atoms with Gasteiger partial charge >= 0.3 is 12.1 Å². The average Bonchev–Trinajstić information content (AvgIpc) is 2.68. The minimum absolute atomic E-state index is 0.217. The Morgan fingerprint density at radius 1 is 1.03 bits per heavy atom. The molecular formula is C24H36N4O5. The number of hydrogen-bond donors (Lipinski definition) is 2. The predicted octanol–water partition coefficient (Wildman–Crippen LogP) is 3.19. The first-order chi connectivity index (χ1) is 15.2. The van der Waals surface area contributed by atoms with Crippen LogP contribution in [0.5, 0.6) is 5.75 Å². The van der Waals surface area contributed by atoms with E-state index in [1.165, 1.54) is 0 Å². The number of phenolic OH excluding ortho intramolecular Hbond substituents is 1. The van der Waals surface area contributed by atoms with Crippen molar-refractivity contribution in [2.24, 2.45) is 0 Å². The first-order valence-corrected chi connectivity index (χ1v) is 11.4. The lowest BCUT2D eigenvalue weighted by atomic mass is 9.84. The van der Waals surface area contributed by atoms with Crippen LogP contribution in [-0.4, -0.2) is 71.3 Å². The van der Waals surface area contributed by atoms with Crippen molar-refractivity contribution in [3.63, 3.8) is 0 Å². The maximum Gasteiger partial charge on any atom is 0.410 e. The number of ether oxygens (including phenoxy) is 1. The summed E-state index contributed by atoms with van der Waals surface area (Å²) in [6.07, 6.45) is -0.0768. The fourth-order valence-electron chi connectivity index (χ4n) is 3.99. The second kappa shape index (κ2) is 9.21. The number of urea groups is 1. The molecular weight excluding hydrogens is 424 g/mol. The minimum atomic E-state index is -0.533. The van der Waals surface area contributed by atoms with E-state index in [0.717, 1.165) is 5.56 Å². The van der Waals surface area contributed by atoms with Gasteiger partial charge in [0.1, 0.15) is 11.4 Å². The van der Waals surface area contributed by atoms with E-state index in [-0.39, 0.29) is 29.6 Å². The Labute approximate surface area is 195 Å². The summed E-state index contributed by atoms with van der Waals surface area (Å²) < 4.78 is 5.46. The molecule has 0 saturated carbocycles. The van der Waals surface area contributed by atoms with Crippen molar-refractivity contribution in [2.75, 3.05) is 37.6 Å². The van der Waals surface area contributed by atoms with Crippen LogP contribution in [0.1, 0.15) is 59.1 Å². The maximum atomic E-state index is 12.4. The zero-order valence-electron chi connectivity index (χ0n) is 20.5. The van der Waals surface area contributed by atoms with Crippen molar-refractivity contribution >= 4 is 23.7 Å². The maximum absolute atomic E-state index is 12.4. The molecule has 182 valence electrons. The monoisotopic (exact) mass is 460 g/mol. The molecule has 1 aromatic rings. The number of imide groups is 1. The summed E-state index contributed by atoms with van der Waals surface area (Å²) in [6, 6.07) is 3.20. The van der Waals surface area contributed by atoms with Gasteiger partial charge in [-0.1, -0.05) is 20.8 Å². The van der Waals surface area contributed by atoms with Crippen LogP contribution in [0.2, 0.25) is 0 Å². The highest BCUT2D eigenvalue weighted by molar-refractivity contribution is 6.05. The Balaban J connectivity index is 1.78. The van der Waals surface area contributed by atoms with E-state index < -0.39 is 11.6 Å². The molecule has 2 aliphatic rings. The van der Waals surface area contributed by atoms with Gasteiger partial charge in [-0.2, -0.15) is 0 Å². The number of nitrogens with zero attached hydrogens (tertiary/aromatic N) is 3. The molecule has 0 bridgehead atoms. The third-order valence-corrected chi connectivity index (χ3v) is 5.77. The minimum Gasteiger partial charge on any atom is -0.507 e. The van der Waals surface area contributed by atoms with Crippen LogP contribution in [0, 0.1) is 0 Å². The number of aromatic hydroxyl groups is 1.